The van der Waals surface area contributed by atoms with Gasteiger partial charge in [0.15, 0.2) is 0 Å². The largest absolute Gasteiger partial charge is 0.461 e. The summed E-state index contributed by atoms with van der Waals surface area (Å²) < 4.78 is 46.9. The van der Waals surface area contributed by atoms with E-state index in [2.05, 4.69) is 4.72 Å². The number of fused-ring (bicyclic) bond motifs is 1. The summed E-state index contributed by atoms with van der Waals surface area (Å²) in [5.74, 6) is 0.343. The summed E-state index contributed by atoms with van der Waals surface area (Å²) in [6.45, 7) is 2.09. The van der Waals surface area contributed by atoms with Crippen molar-refractivity contribution in [2.75, 3.05) is 13.6 Å². The number of hydrogen-bond acceptors (Lipinski definition) is 3. The molecule has 22 heavy (non-hydrogen) atoms. The first kappa shape index (κ1) is 15.5. The summed E-state index contributed by atoms with van der Waals surface area (Å²) in [5, 5.41) is 0.827. The smallest absolute Gasteiger partial charge is 0.279 e. The van der Waals surface area contributed by atoms with Gasteiger partial charge in [-0.3, -0.25) is 0 Å². The SMILES string of the molecule is Cc1oc2cc(F)ccc2c1CCNS(=O)(=O)N(C)C1CC1. The molecule has 0 amide bonds. The van der Waals surface area contributed by atoms with E-state index in [0.29, 0.717) is 17.8 Å². The highest BCUT2D eigenvalue weighted by Crippen LogP contribution is 2.28. The first-order chi connectivity index (χ1) is 10.4. The average molecular weight is 326 g/mol. The normalized spacial score (nSPS) is 15.8. The van der Waals surface area contributed by atoms with Gasteiger partial charge in [0.25, 0.3) is 10.2 Å². The van der Waals surface area contributed by atoms with Crippen molar-refractivity contribution in [3.63, 3.8) is 0 Å². The van der Waals surface area contributed by atoms with Crippen molar-refractivity contribution in [1.29, 1.82) is 0 Å². The van der Waals surface area contributed by atoms with E-state index < -0.39 is 10.2 Å². The maximum absolute atomic E-state index is 13.2. The maximum Gasteiger partial charge on any atom is 0.279 e. The Morgan fingerprint density at radius 1 is 1.41 bits per heavy atom. The lowest BCUT2D eigenvalue weighted by atomic mass is 10.1. The number of rotatable bonds is 6. The third-order valence-corrected chi connectivity index (χ3v) is 5.68. The molecule has 0 radical (unpaired) electrons. The van der Waals surface area contributed by atoms with Crippen LogP contribution in [0.1, 0.15) is 24.2 Å². The second-order valence-corrected chi connectivity index (χ2v) is 7.49. The molecule has 0 aliphatic heterocycles. The molecule has 1 aliphatic carbocycles. The molecular formula is C15H19FN2O3S. The molecule has 1 aliphatic rings. The van der Waals surface area contributed by atoms with Gasteiger partial charge in [-0.1, -0.05) is 0 Å². The molecule has 120 valence electrons. The molecule has 0 bridgehead atoms. The molecule has 0 unspecified atom stereocenters. The van der Waals surface area contributed by atoms with Gasteiger partial charge in [0.1, 0.15) is 17.2 Å². The van der Waals surface area contributed by atoms with E-state index in [4.69, 9.17) is 4.42 Å². The third-order valence-electron chi connectivity index (χ3n) is 4.06. The topological polar surface area (TPSA) is 62.6 Å². The zero-order chi connectivity index (χ0) is 15.9. The Hall–Kier alpha value is -1.44. The van der Waals surface area contributed by atoms with Crippen LogP contribution in [0.2, 0.25) is 0 Å². The van der Waals surface area contributed by atoms with E-state index in [9.17, 15) is 12.8 Å². The summed E-state index contributed by atoms with van der Waals surface area (Å²) in [5.41, 5.74) is 1.40. The fourth-order valence-electron chi connectivity index (χ4n) is 2.60. The molecule has 0 spiro atoms. The fourth-order valence-corrected chi connectivity index (χ4v) is 3.77. The van der Waals surface area contributed by atoms with E-state index in [1.165, 1.54) is 16.4 Å². The monoisotopic (exact) mass is 326 g/mol. The molecule has 1 fully saturated rings. The molecule has 1 heterocycles. The van der Waals surface area contributed by atoms with Crippen molar-refractivity contribution >= 4 is 21.2 Å². The molecule has 1 aromatic carbocycles. The lowest BCUT2D eigenvalue weighted by Gasteiger charge is -2.16. The van der Waals surface area contributed by atoms with Crippen LogP contribution in [0.4, 0.5) is 4.39 Å². The molecule has 1 saturated carbocycles. The zero-order valence-electron chi connectivity index (χ0n) is 12.6. The molecule has 2 aromatic rings. The highest BCUT2D eigenvalue weighted by atomic mass is 32.2. The number of aryl methyl sites for hydroxylation is 1. The molecular weight excluding hydrogens is 307 g/mol. The van der Waals surface area contributed by atoms with E-state index in [1.54, 1.807) is 20.0 Å². The Balaban J connectivity index is 1.70. The van der Waals surface area contributed by atoms with Crippen LogP contribution in [0.5, 0.6) is 0 Å². The van der Waals surface area contributed by atoms with E-state index in [1.807, 2.05) is 0 Å². The van der Waals surface area contributed by atoms with Crippen molar-refractivity contribution in [2.45, 2.75) is 32.2 Å². The number of benzene rings is 1. The van der Waals surface area contributed by atoms with Crippen molar-refractivity contribution < 1.29 is 17.2 Å². The van der Waals surface area contributed by atoms with Gasteiger partial charge < -0.3 is 4.42 Å². The van der Waals surface area contributed by atoms with Crippen LogP contribution in [-0.4, -0.2) is 32.4 Å². The van der Waals surface area contributed by atoms with Gasteiger partial charge in [-0.15, -0.1) is 0 Å². The molecule has 5 nitrogen and oxygen atoms in total. The Bertz CT molecular complexity index is 796. The molecule has 0 saturated heterocycles. The van der Waals surface area contributed by atoms with Gasteiger partial charge in [-0.25, -0.2) is 9.11 Å². The average Bonchev–Trinajstić information content (AvgIpc) is 3.24. The molecule has 1 N–H and O–H groups in total. The van der Waals surface area contributed by atoms with Gasteiger partial charge >= 0.3 is 0 Å². The minimum absolute atomic E-state index is 0.136. The van der Waals surface area contributed by atoms with Gasteiger partial charge in [-0.2, -0.15) is 12.7 Å². The summed E-state index contributed by atoms with van der Waals surface area (Å²) in [6.07, 6.45) is 2.35. The zero-order valence-corrected chi connectivity index (χ0v) is 13.4. The third kappa shape index (κ3) is 3.02. The quantitative estimate of drug-likeness (QED) is 0.886. The second-order valence-electron chi connectivity index (χ2n) is 5.67. The Morgan fingerprint density at radius 2 is 2.14 bits per heavy atom. The standard InChI is InChI=1S/C15H19FN2O3S/c1-10-13(14-6-3-11(16)9-15(14)21-10)7-8-17-22(19,20)18(2)12-4-5-12/h3,6,9,12,17H,4-5,7-8H2,1-2H3. The number of halogens is 1. The maximum atomic E-state index is 13.2. The van der Waals surface area contributed by atoms with E-state index >= 15 is 0 Å². The summed E-state index contributed by atoms with van der Waals surface area (Å²) >= 11 is 0. The first-order valence-electron chi connectivity index (χ1n) is 7.28. The summed E-state index contributed by atoms with van der Waals surface area (Å²) in [6, 6.07) is 4.53. The molecule has 0 atom stereocenters. The van der Waals surface area contributed by atoms with Gasteiger partial charge in [-0.05, 0) is 38.3 Å². The van der Waals surface area contributed by atoms with Gasteiger partial charge in [0, 0.05) is 36.7 Å². The lowest BCUT2D eigenvalue weighted by molar-refractivity contribution is 0.453. The van der Waals surface area contributed by atoms with E-state index in [0.717, 1.165) is 23.8 Å². The minimum atomic E-state index is -3.43. The molecule has 7 heteroatoms. The summed E-state index contributed by atoms with van der Waals surface area (Å²) in [4.78, 5) is 0. The highest BCUT2D eigenvalue weighted by Gasteiger charge is 2.33. The second kappa shape index (κ2) is 5.64. The number of hydrogen-bond donors (Lipinski definition) is 1. The number of furan rings is 1. The van der Waals surface area contributed by atoms with Crippen molar-refractivity contribution in [3.05, 3.63) is 35.3 Å². The van der Waals surface area contributed by atoms with Crippen LogP contribution in [0.25, 0.3) is 11.0 Å². The van der Waals surface area contributed by atoms with Crippen LogP contribution in [0.3, 0.4) is 0 Å². The first-order valence-corrected chi connectivity index (χ1v) is 8.72. The highest BCUT2D eigenvalue weighted by molar-refractivity contribution is 7.87. The van der Waals surface area contributed by atoms with Crippen molar-refractivity contribution in [2.24, 2.45) is 0 Å². The Morgan fingerprint density at radius 3 is 2.82 bits per heavy atom. The van der Waals surface area contributed by atoms with Gasteiger partial charge in [0.05, 0.1) is 0 Å². The van der Waals surface area contributed by atoms with Crippen molar-refractivity contribution in [3.8, 4) is 0 Å². The fraction of sp³-hybridized carbons (Fsp3) is 0.467. The Labute approximate surface area is 129 Å². The van der Waals surface area contributed by atoms with Crippen LogP contribution < -0.4 is 4.72 Å². The summed E-state index contributed by atoms with van der Waals surface area (Å²) in [7, 11) is -1.83. The van der Waals surface area contributed by atoms with Crippen LogP contribution in [0, 0.1) is 12.7 Å². The predicted octanol–water partition coefficient (Wildman–Crippen LogP) is 2.35. The van der Waals surface area contributed by atoms with Crippen molar-refractivity contribution in [1.82, 2.24) is 9.03 Å². The number of nitrogens with zero attached hydrogens (tertiary/aromatic N) is 1. The number of nitrogens with one attached hydrogen (secondary N) is 1. The van der Waals surface area contributed by atoms with Crippen LogP contribution >= 0.6 is 0 Å². The minimum Gasteiger partial charge on any atom is -0.461 e. The van der Waals surface area contributed by atoms with Crippen LogP contribution in [-0.2, 0) is 16.6 Å². The molecule has 1 aromatic heterocycles. The van der Waals surface area contributed by atoms with Crippen LogP contribution in [0.15, 0.2) is 22.6 Å². The van der Waals surface area contributed by atoms with E-state index in [-0.39, 0.29) is 18.4 Å². The Kier molecular flexibility index (Phi) is 3.96. The lowest BCUT2D eigenvalue weighted by Crippen LogP contribution is -2.40. The van der Waals surface area contributed by atoms with Gasteiger partial charge in [0.2, 0.25) is 0 Å². The molecule has 3 rings (SSSR count). The predicted molar refractivity (Wildman–Crippen MR) is 82.3 cm³/mol.